The van der Waals surface area contributed by atoms with Crippen LogP contribution in [0.2, 0.25) is 0 Å². The highest BCUT2D eigenvalue weighted by Gasteiger charge is 2.30. The molecule has 1 N–H and O–H groups in total. The third-order valence-corrected chi connectivity index (χ3v) is 3.24. The molecule has 1 unspecified atom stereocenters. The van der Waals surface area contributed by atoms with Crippen molar-refractivity contribution in [2.45, 2.75) is 25.9 Å². The number of halogens is 1. The van der Waals surface area contributed by atoms with Crippen LogP contribution >= 0.6 is 15.9 Å². The number of methoxy groups -OCH3 is 1. The van der Waals surface area contributed by atoms with Gasteiger partial charge in [-0.25, -0.2) is 0 Å². The van der Waals surface area contributed by atoms with Gasteiger partial charge < -0.3 is 10.1 Å². The van der Waals surface area contributed by atoms with Gasteiger partial charge in [-0.2, -0.15) is 0 Å². The summed E-state index contributed by atoms with van der Waals surface area (Å²) in [4.78, 5) is 11.9. The highest BCUT2D eigenvalue weighted by Crippen LogP contribution is 2.19. The molecule has 1 rings (SSSR count). The zero-order valence-electron chi connectivity index (χ0n) is 9.71. The molecule has 4 heteroatoms. The Morgan fingerprint density at radius 3 is 2.44 bits per heavy atom. The van der Waals surface area contributed by atoms with Gasteiger partial charge in [0.25, 0.3) is 5.91 Å². The zero-order chi connectivity index (χ0) is 12.2. The van der Waals surface area contributed by atoms with Crippen molar-refractivity contribution in [2.24, 2.45) is 0 Å². The number of hydrogen-bond acceptors (Lipinski definition) is 2. The first-order valence-corrected chi connectivity index (χ1v) is 5.93. The standard InChI is InChI=1S/C12H16BrNO2/c1-4-12(2,16-3)11(15)14-10-7-5-9(13)6-8-10/h5-8H,4H2,1-3H3,(H,14,15). The number of carbonyl (C=O) groups is 1. The number of amides is 1. The number of anilines is 1. The van der Waals surface area contributed by atoms with Crippen molar-refractivity contribution < 1.29 is 9.53 Å². The molecule has 0 saturated heterocycles. The normalized spacial score (nSPS) is 14.2. The molecule has 1 aromatic carbocycles. The maximum absolute atomic E-state index is 11.9. The van der Waals surface area contributed by atoms with Gasteiger partial charge in [0.05, 0.1) is 0 Å². The molecule has 0 bridgehead atoms. The van der Waals surface area contributed by atoms with Crippen molar-refractivity contribution in [3.8, 4) is 0 Å². The first-order valence-electron chi connectivity index (χ1n) is 5.14. The molecule has 1 atom stereocenters. The summed E-state index contributed by atoms with van der Waals surface area (Å²) in [6.45, 7) is 3.70. The first kappa shape index (κ1) is 13.2. The predicted molar refractivity (Wildman–Crippen MR) is 68.5 cm³/mol. The summed E-state index contributed by atoms with van der Waals surface area (Å²) in [6.07, 6.45) is 0.631. The van der Waals surface area contributed by atoms with E-state index in [1.54, 1.807) is 14.0 Å². The third kappa shape index (κ3) is 3.06. The van der Waals surface area contributed by atoms with Gasteiger partial charge in [0, 0.05) is 17.3 Å². The van der Waals surface area contributed by atoms with Crippen molar-refractivity contribution in [1.82, 2.24) is 0 Å². The maximum Gasteiger partial charge on any atom is 0.256 e. The van der Waals surface area contributed by atoms with Crippen molar-refractivity contribution in [3.63, 3.8) is 0 Å². The SMILES string of the molecule is CCC(C)(OC)C(=O)Nc1ccc(Br)cc1. The fourth-order valence-electron chi connectivity index (χ4n) is 1.19. The molecule has 1 aromatic rings. The van der Waals surface area contributed by atoms with Crippen LogP contribution in [0, 0.1) is 0 Å². The molecule has 0 fully saturated rings. The zero-order valence-corrected chi connectivity index (χ0v) is 11.3. The van der Waals surface area contributed by atoms with E-state index < -0.39 is 5.60 Å². The van der Waals surface area contributed by atoms with Crippen LogP contribution in [0.15, 0.2) is 28.7 Å². The summed E-state index contributed by atoms with van der Waals surface area (Å²) in [5.41, 5.74) is -0.00231. The highest BCUT2D eigenvalue weighted by molar-refractivity contribution is 9.10. The van der Waals surface area contributed by atoms with Gasteiger partial charge in [0.15, 0.2) is 0 Å². The van der Waals surface area contributed by atoms with E-state index in [1.165, 1.54) is 0 Å². The lowest BCUT2D eigenvalue weighted by Crippen LogP contribution is -2.41. The second kappa shape index (κ2) is 5.46. The lowest BCUT2D eigenvalue weighted by Gasteiger charge is -2.25. The Balaban J connectivity index is 2.74. The van der Waals surface area contributed by atoms with Gasteiger partial charge in [-0.3, -0.25) is 4.79 Å². The number of ether oxygens (including phenoxy) is 1. The maximum atomic E-state index is 11.9. The van der Waals surface area contributed by atoms with E-state index >= 15 is 0 Å². The number of nitrogens with one attached hydrogen (secondary N) is 1. The molecule has 0 aromatic heterocycles. The molecular weight excluding hydrogens is 270 g/mol. The molecule has 3 nitrogen and oxygen atoms in total. The topological polar surface area (TPSA) is 38.3 Å². The summed E-state index contributed by atoms with van der Waals surface area (Å²) >= 11 is 3.34. The highest BCUT2D eigenvalue weighted by atomic mass is 79.9. The van der Waals surface area contributed by atoms with E-state index in [4.69, 9.17) is 4.74 Å². The third-order valence-electron chi connectivity index (χ3n) is 2.71. The van der Waals surface area contributed by atoms with Gasteiger partial charge in [-0.15, -0.1) is 0 Å². The van der Waals surface area contributed by atoms with E-state index in [1.807, 2.05) is 31.2 Å². The molecular formula is C12H16BrNO2. The summed E-state index contributed by atoms with van der Waals surface area (Å²) in [6, 6.07) is 7.44. The van der Waals surface area contributed by atoms with Gasteiger partial charge in [-0.1, -0.05) is 22.9 Å². The smallest absolute Gasteiger partial charge is 0.256 e. The average Bonchev–Trinajstić information content (AvgIpc) is 2.31. The summed E-state index contributed by atoms with van der Waals surface area (Å²) in [5.74, 6) is -0.125. The Bertz CT molecular complexity index is 358. The number of hydrogen-bond donors (Lipinski definition) is 1. The number of benzene rings is 1. The number of rotatable bonds is 4. The van der Waals surface area contributed by atoms with Crippen molar-refractivity contribution >= 4 is 27.5 Å². The van der Waals surface area contributed by atoms with Gasteiger partial charge in [0.2, 0.25) is 0 Å². The minimum absolute atomic E-state index is 0.125. The van der Waals surface area contributed by atoms with Crippen molar-refractivity contribution in [1.29, 1.82) is 0 Å². The second-order valence-corrected chi connectivity index (χ2v) is 4.67. The van der Waals surface area contributed by atoms with Crippen LogP contribution < -0.4 is 5.32 Å². The Labute approximate surface area is 104 Å². The van der Waals surface area contributed by atoms with Crippen molar-refractivity contribution in [2.75, 3.05) is 12.4 Å². The Morgan fingerprint density at radius 2 is 2.00 bits per heavy atom. The molecule has 0 aliphatic heterocycles. The van der Waals surface area contributed by atoms with Gasteiger partial charge in [-0.05, 0) is 37.6 Å². The molecule has 0 heterocycles. The molecule has 0 spiro atoms. The predicted octanol–water partition coefficient (Wildman–Crippen LogP) is 3.20. The second-order valence-electron chi connectivity index (χ2n) is 3.75. The van der Waals surface area contributed by atoms with E-state index in [0.29, 0.717) is 6.42 Å². The van der Waals surface area contributed by atoms with E-state index in [0.717, 1.165) is 10.2 Å². The molecule has 0 aliphatic rings. The minimum atomic E-state index is -0.771. The van der Waals surface area contributed by atoms with Gasteiger partial charge >= 0.3 is 0 Å². The fourth-order valence-corrected chi connectivity index (χ4v) is 1.46. The van der Waals surface area contributed by atoms with E-state index in [2.05, 4.69) is 21.2 Å². The minimum Gasteiger partial charge on any atom is -0.369 e. The van der Waals surface area contributed by atoms with Crippen LogP contribution in [0.5, 0.6) is 0 Å². The first-order chi connectivity index (χ1) is 7.51. The average molecular weight is 286 g/mol. The summed E-state index contributed by atoms with van der Waals surface area (Å²) < 4.78 is 6.21. The van der Waals surface area contributed by atoms with E-state index in [9.17, 15) is 4.79 Å². The van der Waals surface area contributed by atoms with Crippen LogP contribution in [-0.4, -0.2) is 18.6 Å². The Morgan fingerprint density at radius 1 is 1.44 bits per heavy atom. The van der Waals surface area contributed by atoms with E-state index in [-0.39, 0.29) is 5.91 Å². The van der Waals surface area contributed by atoms with Crippen LogP contribution in [0.3, 0.4) is 0 Å². The quantitative estimate of drug-likeness (QED) is 0.923. The monoisotopic (exact) mass is 285 g/mol. The largest absolute Gasteiger partial charge is 0.369 e. The molecule has 0 saturated carbocycles. The lowest BCUT2D eigenvalue weighted by molar-refractivity contribution is -0.136. The number of carbonyl (C=O) groups excluding carboxylic acids is 1. The van der Waals surface area contributed by atoms with Crippen molar-refractivity contribution in [3.05, 3.63) is 28.7 Å². The van der Waals surface area contributed by atoms with Crippen LogP contribution in [-0.2, 0) is 9.53 Å². The fraction of sp³-hybridized carbons (Fsp3) is 0.417. The van der Waals surface area contributed by atoms with Gasteiger partial charge in [0.1, 0.15) is 5.60 Å². The lowest BCUT2D eigenvalue weighted by atomic mass is 10.0. The Kier molecular flexibility index (Phi) is 4.50. The van der Waals surface area contributed by atoms with Crippen LogP contribution in [0.1, 0.15) is 20.3 Å². The van der Waals surface area contributed by atoms with Crippen LogP contribution in [0.4, 0.5) is 5.69 Å². The Hall–Kier alpha value is -0.870. The molecule has 16 heavy (non-hydrogen) atoms. The molecule has 0 radical (unpaired) electrons. The molecule has 0 aliphatic carbocycles. The van der Waals surface area contributed by atoms with Crippen LogP contribution in [0.25, 0.3) is 0 Å². The summed E-state index contributed by atoms with van der Waals surface area (Å²) in [5, 5.41) is 2.83. The molecule has 1 amide bonds. The molecule has 88 valence electrons. The summed E-state index contributed by atoms with van der Waals surface area (Å²) in [7, 11) is 1.55.